The van der Waals surface area contributed by atoms with Crippen molar-refractivity contribution < 1.29 is 0 Å². The standard InChI is InChI=1S/C15H11BrN4/c1-10-8-14-19-15(11-3-6-18-7-4-11)13(2-5-17)20(14)9-12(10)16/h3-4,6-9H,2H2,1H3. The first-order chi connectivity index (χ1) is 9.70. The summed E-state index contributed by atoms with van der Waals surface area (Å²) < 4.78 is 2.97. The predicted octanol–water partition coefficient (Wildman–Crippen LogP) is 3.53. The van der Waals surface area contributed by atoms with Crippen molar-refractivity contribution >= 4 is 21.6 Å². The highest BCUT2D eigenvalue weighted by Gasteiger charge is 2.14. The van der Waals surface area contributed by atoms with Gasteiger partial charge in [0.05, 0.1) is 23.9 Å². The maximum atomic E-state index is 9.08. The smallest absolute Gasteiger partial charge is 0.138 e. The molecule has 3 heterocycles. The van der Waals surface area contributed by atoms with Gasteiger partial charge in [-0.05, 0) is 46.6 Å². The zero-order chi connectivity index (χ0) is 14.1. The summed E-state index contributed by atoms with van der Waals surface area (Å²) in [6, 6.07) is 8.04. The van der Waals surface area contributed by atoms with Crippen LogP contribution in [0, 0.1) is 18.3 Å². The molecule has 0 unspecified atom stereocenters. The fourth-order valence-corrected chi connectivity index (χ4v) is 2.51. The molecule has 0 aliphatic rings. The van der Waals surface area contributed by atoms with E-state index in [9.17, 15) is 0 Å². The predicted molar refractivity (Wildman–Crippen MR) is 80.2 cm³/mol. The van der Waals surface area contributed by atoms with Crippen molar-refractivity contribution in [3.05, 3.63) is 52.5 Å². The lowest BCUT2D eigenvalue weighted by atomic mass is 10.1. The Kier molecular flexibility index (Phi) is 3.25. The average Bonchev–Trinajstić information content (AvgIpc) is 2.79. The van der Waals surface area contributed by atoms with E-state index in [1.54, 1.807) is 12.4 Å². The first-order valence-electron chi connectivity index (χ1n) is 6.15. The van der Waals surface area contributed by atoms with Crippen LogP contribution in [0.5, 0.6) is 0 Å². The van der Waals surface area contributed by atoms with E-state index in [1.807, 2.05) is 35.7 Å². The number of hydrogen-bond donors (Lipinski definition) is 0. The number of aryl methyl sites for hydroxylation is 1. The fraction of sp³-hybridized carbons (Fsp3) is 0.133. The molecule has 0 aromatic carbocycles. The largest absolute Gasteiger partial charge is 0.301 e. The minimum Gasteiger partial charge on any atom is -0.301 e. The van der Waals surface area contributed by atoms with Gasteiger partial charge in [-0.1, -0.05) is 0 Å². The number of halogens is 1. The minimum atomic E-state index is 0.314. The van der Waals surface area contributed by atoms with E-state index in [1.165, 1.54) is 0 Å². The Balaban J connectivity index is 2.32. The Morgan fingerprint density at radius 3 is 2.80 bits per heavy atom. The van der Waals surface area contributed by atoms with Crippen molar-refractivity contribution in [3.63, 3.8) is 0 Å². The quantitative estimate of drug-likeness (QED) is 0.723. The van der Waals surface area contributed by atoms with E-state index in [2.05, 4.69) is 32.0 Å². The molecule has 3 aromatic heterocycles. The molecule has 0 bridgehead atoms. The molecular weight excluding hydrogens is 316 g/mol. The number of imidazole rings is 1. The van der Waals surface area contributed by atoms with Gasteiger partial charge in [0.25, 0.3) is 0 Å². The SMILES string of the molecule is Cc1cc2nc(-c3ccncc3)c(CC#N)n2cc1Br. The van der Waals surface area contributed by atoms with Gasteiger partial charge in [-0.15, -0.1) is 0 Å². The third-order valence-corrected chi connectivity index (χ3v) is 4.03. The lowest BCUT2D eigenvalue weighted by Crippen LogP contribution is -1.94. The van der Waals surface area contributed by atoms with Crippen LogP contribution in [0.4, 0.5) is 0 Å². The van der Waals surface area contributed by atoms with Gasteiger partial charge in [0.2, 0.25) is 0 Å². The number of pyridine rings is 2. The second-order valence-electron chi connectivity index (χ2n) is 4.51. The van der Waals surface area contributed by atoms with Crippen molar-refractivity contribution in [3.8, 4) is 17.3 Å². The molecule has 98 valence electrons. The van der Waals surface area contributed by atoms with Gasteiger partial charge in [-0.2, -0.15) is 5.26 Å². The van der Waals surface area contributed by atoms with Crippen molar-refractivity contribution in [2.75, 3.05) is 0 Å². The van der Waals surface area contributed by atoms with Crippen LogP contribution in [0.2, 0.25) is 0 Å². The lowest BCUT2D eigenvalue weighted by Gasteiger charge is -2.03. The first kappa shape index (κ1) is 12.8. The van der Waals surface area contributed by atoms with Crippen molar-refractivity contribution in [1.29, 1.82) is 5.26 Å². The number of rotatable bonds is 2. The average molecular weight is 327 g/mol. The summed E-state index contributed by atoms with van der Waals surface area (Å²) in [5.41, 5.74) is 4.68. The molecular formula is C15H11BrN4. The molecule has 20 heavy (non-hydrogen) atoms. The topological polar surface area (TPSA) is 54.0 Å². The molecule has 0 N–H and O–H groups in total. The van der Waals surface area contributed by atoms with Crippen LogP contribution in [0.25, 0.3) is 16.9 Å². The van der Waals surface area contributed by atoms with Gasteiger partial charge < -0.3 is 4.40 Å². The summed E-state index contributed by atoms with van der Waals surface area (Å²) in [5.74, 6) is 0. The summed E-state index contributed by atoms with van der Waals surface area (Å²) in [6.07, 6.45) is 5.75. The third kappa shape index (κ3) is 2.08. The molecule has 0 radical (unpaired) electrons. The molecule has 0 fully saturated rings. The zero-order valence-electron chi connectivity index (χ0n) is 10.8. The van der Waals surface area contributed by atoms with E-state index in [0.29, 0.717) is 6.42 Å². The van der Waals surface area contributed by atoms with E-state index in [0.717, 1.165) is 32.6 Å². The van der Waals surface area contributed by atoms with Crippen LogP contribution in [-0.2, 0) is 6.42 Å². The van der Waals surface area contributed by atoms with Crippen LogP contribution >= 0.6 is 15.9 Å². The highest BCUT2D eigenvalue weighted by molar-refractivity contribution is 9.10. The molecule has 0 atom stereocenters. The maximum Gasteiger partial charge on any atom is 0.138 e. The van der Waals surface area contributed by atoms with Gasteiger partial charge in [0.1, 0.15) is 5.65 Å². The van der Waals surface area contributed by atoms with E-state index in [4.69, 9.17) is 5.26 Å². The zero-order valence-corrected chi connectivity index (χ0v) is 12.4. The van der Waals surface area contributed by atoms with Crippen molar-refractivity contribution in [1.82, 2.24) is 14.4 Å². The summed E-state index contributed by atoms with van der Waals surface area (Å²) in [7, 11) is 0. The molecule has 3 aromatic rings. The molecule has 0 saturated heterocycles. The second-order valence-corrected chi connectivity index (χ2v) is 5.36. The summed E-state index contributed by atoms with van der Waals surface area (Å²) in [5, 5.41) is 9.08. The molecule has 0 spiro atoms. The normalized spacial score (nSPS) is 10.7. The van der Waals surface area contributed by atoms with Crippen LogP contribution in [-0.4, -0.2) is 14.4 Å². The Labute approximate surface area is 124 Å². The molecule has 0 saturated carbocycles. The Hall–Kier alpha value is -2.19. The molecule has 0 amide bonds. The van der Waals surface area contributed by atoms with E-state index < -0.39 is 0 Å². The molecule has 3 rings (SSSR count). The van der Waals surface area contributed by atoms with Crippen molar-refractivity contribution in [2.24, 2.45) is 0 Å². The third-order valence-electron chi connectivity index (χ3n) is 3.20. The van der Waals surface area contributed by atoms with Gasteiger partial charge >= 0.3 is 0 Å². The lowest BCUT2D eigenvalue weighted by molar-refractivity contribution is 1.04. The summed E-state index contributed by atoms with van der Waals surface area (Å²) >= 11 is 3.53. The number of nitriles is 1. The highest BCUT2D eigenvalue weighted by atomic mass is 79.9. The van der Waals surface area contributed by atoms with Crippen LogP contribution in [0.15, 0.2) is 41.3 Å². The van der Waals surface area contributed by atoms with Crippen molar-refractivity contribution in [2.45, 2.75) is 13.3 Å². The van der Waals surface area contributed by atoms with Crippen LogP contribution in [0.3, 0.4) is 0 Å². The van der Waals surface area contributed by atoms with Gasteiger partial charge in [0, 0.05) is 28.6 Å². The Morgan fingerprint density at radius 1 is 1.35 bits per heavy atom. The van der Waals surface area contributed by atoms with Gasteiger partial charge in [-0.3, -0.25) is 4.98 Å². The monoisotopic (exact) mass is 326 g/mol. The van der Waals surface area contributed by atoms with Gasteiger partial charge in [-0.25, -0.2) is 4.98 Å². The number of hydrogen-bond acceptors (Lipinski definition) is 3. The van der Waals surface area contributed by atoms with Crippen LogP contribution in [0.1, 0.15) is 11.3 Å². The maximum absolute atomic E-state index is 9.08. The second kappa shape index (κ2) is 5.06. The summed E-state index contributed by atoms with van der Waals surface area (Å²) in [6.45, 7) is 2.02. The number of fused-ring (bicyclic) bond motifs is 1. The number of aromatic nitrogens is 3. The van der Waals surface area contributed by atoms with Crippen LogP contribution < -0.4 is 0 Å². The fourth-order valence-electron chi connectivity index (χ4n) is 2.19. The van der Waals surface area contributed by atoms with E-state index >= 15 is 0 Å². The minimum absolute atomic E-state index is 0.314. The van der Waals surface area contributed by atoms with E-state index in [-0.39, 0.29) is 0 Å². The highest BCUT2D eigenvalue weighted by Crippen LogP contribution is 2.27. The Morgan fingerprint density at radius 2 is 2.10 bits per heavy atom. The molecule has 4 nitrogen and oxygen atoms in total. The van der Waals surface area contributed by atoms with Gasteiger partial charge in [0.15, 0.2) is 0 Å². The number of nitrogens with zero attached hydrogens (tertiary/aromatic N) is 4. The first-order valence-corrected chi connectivity index (χ1v) is 6.94. The molecule has 0 aliphatic heterocycles. The molecule has 5 heteroatoms. The summed E-state index contributed by atoms with van der Waals surface area (Å²) in [4.78, 5) is 8.69. The Bertz CT molecular complexity index is 815. The molecule has 0 aliphatic carbocycles.